The number of hydrogen-bond acceptors (Lipinski definition) is 7. The van der Waals surface area contributed by atoms with Crippen LogP contribution in [0.3, 0.4) is 0 Å². The van der Waals surface area contributed by atoms with Gasteiger partial charge in [-0.15, -0.1) is 11.3 Å². The summed E-state index contributed by atoms with van der Waals surface area (Å²) >= 11 is 1.40. The molecule has 0 radical (unpaired) electrons. The number of carbonyl (C=O) groups excluding carboxylic acids is 1. The molecule has 0 saturated heterocycles. The van der Waals surface area contributed by atoms with Gasteiger partial charge in [-0.2, -0.15) is 5.10 Å². The van der Waals surface area contributed by atoms with E-state index in [0.717, 1.165) is 35.5 Å². The van der Waals surface area contributed by atoms with Crippen LogP contribution in [0.1, 0.15) is 42.7 Å². The maximum absolute atomic E-state index is 11.5. The van der Waals surface area contributed by atoms with Crippen LogP contribution in [-0.2, 0) is 16.0 Å². The number of rotatable bonds is 9. The molecule has 1 heterocycles. The largest absolute Gasteiger partial charge is 0.493 e. The fourth-order valence-corrected chi connectivity index (χ4v) is 3.11. The molecule has 2 rings (SSSR count). The molecule has 0 fully saturated rings. The lowest BCUT2D eigenvalue weighted by atomic mass is 10.1. The molecule has 7 heteroatoms. The van der Waals surface area contributed by atoms with Crippen molar-refractivity contribution in [2.24, 2.45) is 5.10 Å². The Hall–Kier alpha value is -2.41. The molecule has 26 heavy (non-hydrogen) atoms. The minimum Gasteiger partial charge on any atom is -0.493 e. The third-order valence-corrected chi connectivity index (χ3v) is 4.29. The fourth-order valence-electron chi connectivity index (χ4n) is 2.45. The Morgan fingerprint density at radius 3 is 2.69 bits per heavy atom. The summed E-state index contributed by atoms with van der Waals surface area (Å²) in [5, 5.41) is 6.69. The lowest BCUT2D eigenvalue weighted by Crippen LogP contribution is -2.07. The molecule has 1 aromatic carbocycles. The van der Waals surface area contributed by atoms with Gasteiger partial charge in [0.05, 0.1) is 31.5 Å². The number of esters is 1. The summed E-state index contributed by atoms with van der Waals surface area (Å²) in [6.07, 6.45) is 2.90. The van der Waals surface area contributed by atoms with Crippen molar-refractivity contribution in [3.05, 3.63) is 39.9 Å². The van der Waals surface area contributed by atoms with E-state index in [1.807, 2.05) is 31.4 Å². The molecule has 1 aromatic heterocycles. The first kappa shape index (κ1) is 19.9. The van der Waals surface area contributed by atoms with Gasteiger partial charge in [0, 0.05) is 5.38 Å². The maximum Gasteiger partial charge on any atom is 0.311 e. The summed E-state index contributed by atoms with van der Waals surface area (Å²) in [7, 11) is 0. The lowest BCUT2D eigenvalue weighted by molar-refractivity contribution is -0.142. The van der Waals surface area contributed by atoms with Crippen LogP contribution in [0.2, 0.25) is 0 Å². The number of hydrogen-bond donors (Lipinski definition) is 1. The van der Waals surface area contributed by atoms with Gasteiger partial charge in [0.25, 0.3) is 0 Å². The molecule has 140 valence electrons. The Balaban J connectivity index is 1.96. The summed E-state index contributed by atoms with van der Waals surface area (Å²) in [6.45, 7) is 9.03. The van der Waals surface area contributed by atoms with Crippen molar-refractivity contribution in [3.8, 4) is 5.75 Å². The van der Waals surface area contributed by atoms with Gasteiger partial charge in [0.2, 0.25) is 5.13 Å². The SMILES string of the molecule is CCCOc1c(C)cc(C=NNc2nc(CC(=O)OCC)cs2)cc1C. The topological polar surface area (TPSA) is 72.8 Å². The number of benzene rings is 1. The Labute approximate surface area is 158 Å². The Bertz CT molecular complexity index is 748. The molecule has 0 bridgehead atoms. The summed E-state index contributed by atoms with van der Waals surface area (Å²) in [5.74, 6) is 0.671. The number of aryl methyl sites for hydroxylation is 2. The average molecular weight is 375 g/mol. The minimum atomic E-state index is -0.274. The zero-order chi connectivity index (χ0) is 18.9. The van der Waals surface area contributed by atoms with Gasteiger partial charge in [-0.25, -0.2) is 4.98 Å². The molecule has 0 unspecified atom stereocenters. The third kappa shape index (κ3) is 5.84. The predicted molar refractivity (Wildman–Crippen MR) is 105 cm³/mol. The molecular formula is C19H25N3O3S. The number of anilines is 1. The van der Waals surface area contributed by atoms with Crippen molar-refractivity contribution in [2.45, 2.75) is 40.5 Å². The molecule has 0 atom stereocenters. The quantitative estimate of drug-likeness (QED) is 0.406. The molecule has 0 aliphatic heterocycles. The Morgan fingerprint density at radius 1 is 1.31 bits per heavy atom. The number of thiazole rings is 1. The molecule has 1 N–H and O–H groups in total. The van der Waals surface area contributed by atoms with Crippen LogP contribution in [0.4, 0.5) is 5.13 Å². The number of nitrogens with zero attached hydrogens (tertiary/aromatic N) is 2. The Morgan fingerprint density at radius 2 is 2.04 bits per heavy atom. The second-order valence-corrected chi connectivity index (χ2v) is 6.69. The van der Waals surface area contributed by atoms with Crippen LogP contribution in [-0.4, -0.2) is 30.4 Å². The normalized spacial score (nSPS) is 10.9. The van der Waals surface area contributed by atoms with Crippen LogP contribution in [0.25, 0.3) is 0 Å². The van der Waals surface area contributed by atoms with Crippen molar-refractivity contribution >= 4 is 28.7 Å². The minimum absolute atomic E-state index is 0.174. The van der Waals surface area contributed by atoms with Crippen LogP contribution in [0.5, 0.6) is 5.75 Å². The van der Waals surface area contributed by atoms with E-state index in [-0.39, 0.29) is 12.4 Å². The number of nitrogens with one attached hydrogen (secondary N) is 1. The molecule has 0 saturated carbocycles. The van der Waals surface area contributed by atoms with Crippen molar-refractivity contribution in [1.82, 2.24) is 4.98 Å². The second-order valence-electron chi connectivity index (χ2n) is 5.83. The van der Waals surface area contributed by atoms with Gasteiger partial charge >= 0.3 is 5.97 Å². The molecule has 2 aromatic rings. The van der Waals surface area contributed by atoms with Gasteiger partial charge in [-0.05, 0) is 56.0 Å². The van der Waals surface area contributed by atoms with E-state index in [4.69, 9.17) is 9.47 Å². The number of hydrazone groups is 1. The zero-order valence-corrected chi connectivity index (χ0v) is 16.5. The molecule has 0 aliphatic rings. The first-order valence-corrected chi connectivity index (χ1v) is 9.54. The van der Waals surface area contributed by atoms with E-state index in [9.17, 15) is 4.79 Å². The van der Waals surface area contributed by atoms with Crippen molar-refractivity contribution < 1.29 is 14.3 Å². The maximum atomic E-state index is 11.5. The first-order chi connectivity index (χ1) is 12.5. The highest BCUT2D eigenvalue weighted by Gasteiger charge is 2.08. The number of aromatic nitrogens is 1. The predicted octanol–water partition coefficient (Wildman–Crippen LogP) is 4.10. The van der Waals surface area contributed by atoms with Crippen LogP contribution < -0.4 is 10.2 Å². The van der Waals surface area contributed by atoms with E-state index in [1.54, 1.807) is 13.1 Å². The van der Waals surface area contributed by atoms with Gasteiger partial charge in [0.15, 0.2) is 0 Å². The number of carbonyl (C=O) groups is 1. The van der Waals surface area contributed by atoms with E-state index >= 15 is 0 Å². The number of ether oxygens (including phenoxy) is 2. The first-order valence-electron chi connectivity index (χ1n) is 8.66. The highest BCUT2D eigenvalue weighted by molar-refractivity contribution is 7.13. The monoisotopic (exact) mass is 375 g/mol. The smallest absolute Gasteiger partial charge is 0.311 e. The van der Waals surface area contributed by atoms with Crippen molar-refractivity contribution in [1.29, 1.82) is 0 Å². The highest BCUT2D eigenvalue weighted by Crippen LogP contribution is 2.24. The molecule has 0 amide bonds. The van der Waals surface area contributed by atoms with E-state index in [2.05, 4.69) is 22.4 Å². The van der Waals surface area contributed by atoms with E-state index < -0.39 is 0 Å². The van der Waals surface area contributed by atoms with Crippen LogP contribution in [0, 0.1) is 13.8 Å². The van der Waals surface area contributed by atoms with Gasteiger partial charge in [-0.1, -0.05) is 6.92 Å². The molecule has 0 spiro atoms. The molecule has 0 aliphatic carbocycles. The summed E-state index contributed by atoms with van der Waals surface area (Å²) in [6, 6.07) is 4.08. The van der Waals surface area contributed by atoms with Gasteiger partial charge < -0.3 is 9.47 Å². The van der Waals surface area contributed by atoms with Gasteiger partial charge in [-0.3, -0.25) is 10.2 Å². The lowest BCUT2D eigenvalue weighted by Gasteiger charge is -2.12. The van der Waals surface area contributed by atoms with E-state index in [0.29, 0.717) is 17.4 Å². The van der Waals surface area contributed by atoms with Crippen LogP contribution in [0.15, 0.2) is 22.6 Å². The summed E-state index contributed by atoms with van der Waals surface area (Å²) < 4.78 is 10.7. The molecular weight excluding hydrogens is 350 g/mol. The second kappa shape index (κ2) is 9.91. The van der Waals surface area contributed by atoms with Crippen LogP contribution >= 0.6 is 11.3 Å². The van der Waals surface area contributed by atoms with Gasteiger partial charge in [0.1, 0.15) is 5.75 Å². The summed E-state index contributed by atoms with van der Waals surface area (Å²) in [4.78, 5) is 15.8. The standard InChI is InChI=1S/C19H25N3O3S/c1-5-7-25-18-13(3)8-15(9-14(18)4)11-20-22-19-21-16(12-26-19)10-17(23)24-6-2/h8-9,11-12H,5-7,10H2,1-4H3,(H,21,22). The van der Waals surface area contributed by atoms with Crippen molar-refractivity contribution in [3.63, 3.8) is 0 Å². The summed E-state index contributed by atoms with van der Waals surface area (Å²) in [5.41, 5.74) is 6.74. The third-order valence-electron chi connectivity index (χ3n) is 3.49. The van der Waals surface area contributed by atoms with E-state index in [1.165, 1.54) is 11.3 Å². The highest BCUT2D eigenvalue weighted by atomic mass is 32.1. The average Bonchev–Trinajstić information content (AvgIpc) is 3.01. The molecule has 6 nitrogen and oxygen atoms in total. The van der Waals surface area contributed by atoms with Crippen molar-refractivity contribution in [2.75, 3.05) is 18.6 Å². The fraction of sp³-hybridized carbons (Fsp3) is 0.421. The zero-order valence-electron chi connectivity index (χ0n) is 15.7. The Kier molecular flexibility index (Phi) is 7.59.